The van der Waals surface area contributed by atoms with E-state index in [1.54, 1.807) is 11.3 Å². The molecular formula is C12H19ClN2OS. The molecule has 0 bridgehead atoms. The van der Waals surface area contributed by atoms with Gasteiger partial charge in [-0.05, 0) is 32.0 Å². The van der Waals surface area contributed by atoms with Crippen molar-refractivity contribution in [3.8, 4) is 0 Å². The summed E-state index contributed by atoms with van der Waals surface area (Å²) in [5.74, 6) is 0.232. The predicted octanol–water partition coefficient (Wildman–Crippen LogP) is 1.84. The highest BCUT2D eigenvalue weighted by Gasteiger charge is 2.23. The highest BCUT2D eigenvalue weighted by molar-refractivity contribution is 7.12. The van der Waals surface area contributed by atoms with E-state index in [9.17, 15) is 4.79 Å². The Balaban J connectivity index is 0.00000144. The average Bonchev–Trinajstić information content (AvgIpc) is 2.88. The van der Waals surface area contributed by atoms with Crippen molar-refractivity contribution in [2.45, 2.75) is 25.8 Å². The van der Waals surface area contributed by atoms with Gasteiger partial charge in [-0.1, -0.05) is 0 Å². The zero-order valence-corrected chi connectivity index (χ0v) is 11.9. The van der Waals surface area contributed by atoms with Gasteiger partial charge in [0.15, 0.2) is 0 Å². The van der Waals surface area contributed by atoms with Gasteiger partial charge in [0.05, 0.1) is 6.42 Å². The molecule has 2 heterocycles. The highest BCUT2D eigenvalue weighted by Crippen LogP contribution is 2.17. The first-order valence-electron chi connectivity index (χ1n) is 5.68. The summed E-state index contributed by atoms with van der Waals surface area (Å²) < 4.78 is 0. The molecule has 1 aromatic rings. The van der Waals surface area contributed by atoms with Crippen LogP contribution in [0.4, 0.5) is 0 Å². The first-order valence-corrected chi connectivity index (χ1v) is 6.50. The molecule has 0 saturated carbocycles. The Morgan fingerprint density at radius 1 is 1.59 bits per heavy atom. The summed E-state index contributed by atoms with van der Waals surface area (Å²) in [4.78, 5) is 16.3. The smallest absolute Gasteiger partial charge is 0.227 e. The van der Waals surface area contributed by atoms with Gasteiger partial charge in [0, 0.05) is 29.4 Å². The maximum absolute atomic E-state index is 12.0. The molecule has 1 N–H and O–H groups in total. The summed E-state index contributed by atoms with van der Waals surface area (Å²) in [5, 5.41) is 3.28. The van der Waals surface area contributed by atoms with Crippen LogP contribution in [-0.2, 0) is 11.2 Å². The van der Waals surface area contributed by atoms with Crippen molar-refractivity contribution in [3.63, 3.8) is 0 Å². The molecule has 1 saturated heterocycles. The molecule has 0 aliphatic carbocycles. The third-order valence-electron chi connectivity index (χ3n) is 3.10. The number of carbonyl (C=O) groups is 1. The lowest BCUT2D eigenvalue weighted by Gasteiger charge is -2.23. The molecule has 96 valence electrons. The van der Waals surface area contributed by atoms with Gasteiger partial charge in [0.2, 0.25) is 5.91 Å². The SMILES string of the molecule is Cc1ccc(CC(=O)N(C)C2CCNC2)s1.Cl. The molecule has 17 heavy (non-hydrogen) atoms. The fourth-order valence-electron chi connectivity index (χ4n) is 2.03. The van der Waals surface area contributed by atoms with Crippen molar-refractivity contribution in [2.75, 3.05) is 20.1 Å². The van der Waals surface area contributed by atoms with Gasteiger partial charge in [-0.2, -0.15) is 0 Å². The summed E-state index contributed by atoms with van der Waals surface area (Å²) in [5.41, 5.74) is 0. The van der Waals surface area contributed by atoms with E-state index >= 15 is 0 Å². The van der Waals surface area contributed by atoms with Gasteiger partial charge in [0.25, 0.3) is 0 Å². The number of hydrogen-bond donors (Lipinski definition) is 1. The lowest BCUT2D eigenvalue weighted by Crippen LogP contribution is -2.39. The minimum atomic E-state index is 0. The van der Waals surface area contributed by atoms with E-state index < -0.39 is 0 Å². The van der Waals surface area contributed by atoms with Crippen molar-refractivity contribution in [2.24, 2.45) is 0 Å². The molecule has 1 aromatic heterocycles. The fraction of sp³-hybridized carbons (Fsp3) is 0.583. The van der Waals surface area contributed by atoms with Crippen LogP contribution in [0.2, 0.25) is 0 Å². The Labute approximate surface area is 113 Å². The van der Waals surface area contributed by atoms with Crippen LogP contribution in [-0.4, -0.2) is 37.0 Å². The van der Waals surface area contributed by atoms with Crippen LogP contribution in [0.3, 0.4) is 0 Å². The quantitative estimate of drug-likeness (QED) is 0.912. The summed E-state index contributed by atoms with van der Waals surface area (Å²) >= 11 is 1.71. The normalized spacial score (nSPS) is 18.8. The average molecular weight is 275 g/mol. The minimum absolute atomic E-state index is 0. The minimum Gasteiger partial charge on any atom is -0.341 e. The molecule has 1 atom stereocenters. The molecule has 3 nitrogen and oxygen atoms in total. The number of nitrogens with one attached hydrogen (secondary N) is 1. The van der Waals surface area contributed by atoms with Crippen molar-refractivity contribution in [1.82, 2.24) is 10.2 Å². The molecular weight excluding hydrogens is 256 g/mol. The third kappa shape index (κ3) is 3.69. The first kappa shape index (κ1) is 14.5. The summed E-state index contributed by atoms with van der Waals surface area (Å²) in [7, 11) is 1.92. The van der Waals surface area contributed by atoms with E-state index in [2.05, 4.69) is 24.4 Å². The molecule has 1 unspecified atom stereocenters. The summed E-state index contributed by atoms with van der Waals surface area (Å²) in [6.07, 6.45) is 1.62. The number of hydrogen-bond acceptors (Lipinski definition) is 3. The monoisotopic (exact) mass is 274 g/mol. The molecule has 5 heteroatoms. The lowest BCUT2D eigenvalue weighted by atomic mass is 10.2. The van der Waals surface area contributed by atoms with E-state index in [0.29, 0.717) is 12.5 Å². The molecule has 0 aromatic carbocycles. The van der Waals surface area contributed by atoms with Gasteiger partial charge in [-0.25, -0.2) is 0 Å². The Bertz CT molecular complexity index is 374. The van der Waals surface area contributed by atoms with Crippen LogP contribution in [0.1, 0.15) is 16.2 Å². The molecule has 0 radical (unpaired) electrons. The van der Waals surface area contributed by atoms with Crippen LogP contribution < -0.4 is 5.32 Å². The van der Waals surface area contributed by atoms with Crippen LogP contribution >= 0.6 is 23.7 Å². The van der Waals surface area contributed by atoms with Gasteiger partial charge in [0.1, 0.15) is 0 Å². The zero-order valence-electron chi connectivity index (χ0n) is 10.2. The molecule has 1 aliphatic rings. The van der Waals surface area contributed by atoms with E-state index in [-0.39, 0.29) is 18.3 Å². The van der Waals surface area contributed by atoms with Crippen LogP contribution in [0.15, 0.2) is 12.1 Å². The van der Waals surface area contributed by atoms with Gasteiger partial charge in [-0.3, -0.25) is 4.79 Å². The Kier molecular flexibility index (Phi) is 5.43. The molecule has 1 amide bonds. The number of rotatable bonds is 3. The Hall–Kier alpha value is -0.580. The topological polar surface area (TPSA) is 32.3 Å². The largest absolute Gasteiger partial charge is 0.341 e. The van der Waals surface area contributed by atoms with Gasteiger partial charge in [-0.15, -0.1) is 23.7 Å². The van der Waals surface area contributed by atoms with E-state index in [0.717, 1.165) is 19.5 Å². The highest BCUT2D eigenvalue weighted by atomic mass is 35.5. The van der Waals surface area contributed by atoms with Crippen molar-refractivity contribution >= 4 is 29.7 Å². The van der Waals surface area contributed by atoms with Crippen LogP contribution in [0, 0.1) is 6.92 Å². The molecule has 0 spiro atoms. The van der Waals surface area contributed by atoms with E-state index in [1.807, 2.05) is 11.9 Å². The lowest BCUT2D eigenvalue weighted by molar-refractivity contribution is -0.130. The number of thiophene rings is 1. The van der Waals surface area contributed by atoms with Crippen molar-refractivity contribution < 1.29 is 4.79 Å². The van der Waals surface area contributed by atoms with Crippen LogP contribution in [0.5, 0.6) is 0 Å². The maximum atomic E-state index is 12.0. The van der Waals surface area contributed by atoms with Crippen molar-refractivity contribution in [1.29, 1.82) is 0 Å². The van der Waals surface area contributed by atoms with Gasteiger partial charge < -0.3 is 10.2 Å². The van der Waals surface area contributed by atoms with E-state index in [4.69, 9.17) is 0 Å². The zero-order chi connectivity index (χ0) is 11.5. The number of aryl methyl sites for hydroxylation is 1. The van der Waals surface area contributed by atoms with Gasteiger partial charge >= 0.3 is 0 Å². The second-order valence-corrected chi connectivity index (χ2v) is 5.71. The summed E-state index contributed by atoms with van der Waals surface area (Å²) in [6.45, 7) is 4.04. The second kappa shape index (κ2) is 6.38. The third-order valence-corrected chi connectivity index (χ3v) is 4.10. The fourth-order valence-corrected chi connectivity index (χ4v) is 2.91. The van der Waals surface area contributed by atoms with E-state index in [1.165, 1.54) is 9.75 Å². The molecule has 2 rings (SSSR count). The number of nitrogens with zero attached hydrogens (tertiary/aromatic N) is 1. The molecule has 1 aliphatic heterocycles. The van der Waals surface area contributed by atoms with Crippen molar-refractivity contribution in [3.05, 3.63) is 21.9 Å². The predicted molar refractivity (Wildman–Crippen MR) is 74.1 cm³/mol. The number of halogens is 1. The Morgan fingerprint density at radius 3 is 2.88 bits per heavy atom. The first-order chi connectivity index (χ1) is 7.66. The number of amides is 1. The standard InChI is InChI=1S/C12H18N2OS.ClH/c1-9-3-4-11(16-9)7-12(15)14(2)10-5-6-13-8-10;/h3-4,10,13H,5-8H2,1-2H3;1H. The number of likely N-dealkylation sites (N-methyl/N-ethyl adjacent to an activating group) is 1. The molecule has 1 fully saturated rings. The van der Waals surface area contributed by atoms with Crippen LogP contribution in [0.25, 0.3) is 0 Å². The summed E-state index contributed by atoms with van der Waals surface area (Å²) in [6, 6.07) is 4.51. The second-order valence-electron chi connectivity index (χ2n) is 4.34. The number of carbonyl (C=O) groups excluding carboxylic acids is 1. The maximum Gasteiger partial charge on any atom is 0.227 e. The Morgan fingerprint density at radius 2 is 2.35 bits per heavy atom.